The predicted molar refractivity (Wildman–Crippen MR) is 112 cm³/mol. The molecule has 0 radical (unpaired) electrons. The molecule has 1 atom stereocenters. The van der Waals surface area contributed by atoms with Gasteiger partial charge in [-0.1, -0.05) is 24.3 Å². The van der Waals surface area contributed by atoms with Gasteiger partial charge >= 0.3 is 0 Å². The van der Waals surface area contributed by atoms with Crippen LogP contribution < -0.4 is 5.32 Å². The van der Waals surface area contributed by atoms with Crippen molar-refractivity contribution in [3.63, 3.8) is 0 Å². The molecule has 0 aliphatic carbocycles. The zero-order valence-corrected chi connectivity index (χ0v) is 16.7. The largest absolute Gasteiger partial charge is 0.350 e. The first-order valence-corrected chi connectivity index (χ1v) is 10.2. The highest BCUT2D eigenvalue weighted by Gasteiger charge is 2.19. The van der Waals surface area contributed by atoms with Crippen LogP contribution in [0.15, 0.2) is 54.9 Å². The number of nitrogens with one attached hydrogen (secondary N) is 1. The summed E-state index contributed by atoms with van der Waals surface area (Å²) in [6.07, 6.45) is 5.08. The van der Waals surface area contributed by atoms with Gasteiger partial charge < -0.3 is 14.8 Å². The smallest absolute Gasteiger partial charge is 0.253 e. The first-order chi connectivity index (χ1) is 14.1. The predicted octanol–water partition coefficient (Wildman–Crippen LogP) is 3.54. The molecule has 6 nitrogen and oxygen atoms in total. The van der Waals surface area contributed by atoms with E-state index in [0.29, 0.717) is 12.1 Å². The van der Waals surface area contributed by atoms with Crippen LogP contribution in [-0.2, 0) is 11.3 Å². The van der Waals surface area contributed by atoms with E-state index in [0.717, 1.165) is 42.5 Å². The van der Waals surface area contributed by atoms with Crippen LogP contribution in [0.3, 0.4) is 0 Å². The topological polar surface area (TPSA) is 67.2 Å². The van der Waals surface area contributed by atoms with E-state index >= 15 is 0 Å². The van der Waals surface area contributed by atoms with Crippen molar-refractivity contribution in [3.05, 3.63) is 66.0 Å². The summed E-state index contributed by atoms with van der Waals surface area (Å²) in [6, 6.07) is 14.9. The number of likely N-dealkylation sites (tertiary alicyclic amines) is 1. The summed E-state index contributed by atoms with van der Waals surface area (Å²) in [5.41, 5.74) is 3.49. The molecule has 2 amide bonds. The van der Waals surface area contributed by atoms with Gasteiger partial charge in [0.25, 0.3) is 5.91 Å². The van der Waals surface area contributed by atoms with Gasteiger partial charge in [0.1, 0.15) is 6.04 Å². The fourth-order valence-electron chi connectivity index (χ4n) is 3.79. The average Bonchev–Trinajstić information content (AvgIpc) is 3.21. The number of piperidine rings is 1. The quantitative estimate of drug-likeness (QED) is 0.725. The Balaban J connectivity index is 1.36. The van der Waals surface area contributed by atoms with Crippen LogP contribution >= 0.6 is 0 Å². The van der Waals surface area contributed by atoms with Crippen LogP contribution in [0.2, 0.25) is 0 Å². The van der Waals surface area contributed by atoms with Crippen LogP contribution in [0.5, 0.6) is 0 Å². The Kier molecular flexibility index (Phi) is 5.60. The molecule has 1 saturated heterocycles. The van der Waals surface area contributed by atoms with Gasteiger partial charge in [-0.3, -0.25) is 9.59 Å². The molecule has 1 unspecified atom stereocenters. The Morgan fingerprint density at radius 3 is 2.52 bits per heavy atom. The number of nitrogens with zero attached hydrogens (tertiary/aromatic N) is 3. The Labute approximate surface area is 170 Å². The molecule has 2 heterocycles. The lowest BCUT2D eigenvalue weighted by Gasteiger charge is -2.26. The van der Waals surface area contributed by atoms with E-state index in [4.69, 9.17) is 0 Å². The van der Waals surface area contributed by atoms with Gasteiger partial charge in [-0.2, -0.15) is 0 Å². The van der Waals surface area contributed by atoms with Gasteiger partial charge in [-0.15, -0.1) is 0 Å². The van der Waals surface area contributed by atoms with Gasteiger partial charge in [0.05, 0.1) is 17.4 Å². The van der Waals surface area contributed by atoms with Gasteiger partial charge in [0.2, 0.25) is 5.91 Å². The lowest BCUT2D eigenvalue weighted by atomic mass is 10.1. The number of benzene rings is 2. The summed E-state index contributed by atoms with van der Waals surface area (Å²) in [4.78, 5) is 31.5. The number of para-hydroxylation sites is 2. The molecule has 3 aromatic rings. The molecular weight excluding hydrogens is 364 g/mol. The third-order valence-corrected chi connectivity index (χ3v) is 5.59. The number of fused-ring (bicyclic) bond motifs is 1. The zero-order valence-electron chi connectivity index (χ0n) is 16.7. The molecule has 150 valence electrons. The summed E-state index contributed by atoms with van der Waals surface area (Å²) in [7, 11) is 0. The van der Waals surface area contributed by atoms with Crippen molar-refractivity contribution in [1.82, 2.24) is 19.8 Å². The van der Waals surface area contributed by atoms with Crippen molar-refractivity contribution in [1.29, 1.82) is 0 Å². The fourth-order valence-corrected chi connectivity index (χ4v) is 3.79. The lowest BCUT2D eigenvalue weighted by molar-refractivity contribution is -0.123. The molecule has 6 heteroatoms. The fraction of sp³-hybridized carbons (Fsp3) is 0.348. The molecule has 1 aromatic heterocycles. The van der Waals surface area contributed by atoms with Crippen molar-refractivity contribution >= 4 is 22.8 Å². The van der Waals surface area contributed by atoms with E-state index in [-0.39, 0.29) is 17.9 Å². The second-order valence-electron chi connectivity index (χ2n) is 7.58. The molecule has 0 saturated carbocycles. The summed E-state index contributed by atoms with van der Waals surface area (Å²) in [5, 5.41) is 2.98. The number of carbonyl (C=O) groups excluding carboxylic acids is 2. The molecule has 1 aliphatic heterocycles. The number of rotatable bonds is 5. The maximum Gasteiger partial charge on any atom is 0.253 e. The van der Waals surface area contributed by atoms with Crippen molar-refractivity contribution in [2.24, 2.45) is 0 Å². The number of carbonyl (C=O) groups is 2. The van der Waals surface area contributed by atoms with E-state index in [1.165, 1.54) is 6.42 Å². The van der Waals surface area contributed by atoms with Gasteiger partial charge in [-0.25, -0.2) is 4.98 Å². The second kappa shape index (κ2) is 8.47. The van der Waals surface area contributed by atoms with Gasteiger partial charge in [0, 0.05) is 25.2 Å². The summed E-state index contributed by atoms with van der Waals surface area (Å²) in [6.45, 7) is 3.98. The summed E-state index contributed by atoms with van der Waals surface area (Å²) in [5.74, 6) is 0.0301. The Bertz CT molecular complexity index is 1000. The highest BCUT2D eigenvalue weighted by molar-refractivity contribution is 5.94. The van der Waals surface area contributed by atoms with Crippen LogP contribution in [0.25, 0.3) is 11.0 Å². The van der Waals surface area contributed by atoms with Crippen LogP contribution in [0.1, 0.15) is 48.1 Å². The van der Waals surface area contributed by atoms with E-state index in [1.807, 2.05) is 64.9 Å². The number of imidazole rings is 1. The molecule has 4 rings (SSSR count). The van der Waals surface area contributed by atoms with Crippen molar-refractivity contribution in [2.75, 3.05) is 13.1 Å². The second-order valence-corrected chi connectivity index (χ2v) is 7.58. The van der Waals surface area contributed by atoms with Crippen molar-refractivity contribution in [3.8, 4) is 0 Å². The van der Waals surface area contributed by atoms with Gasteiger partial charge in [-0.05, 0) is 56.0 Å². The monoisotopic (exact) mass is 390 g/mol. The molecule has 0 bridgehead atoms. The maximum atomic E-state index is 12.6. The number of amides is 2. The Hall–Kier alpha value is -3.15. The lowest BCUT2D eigenvalue weighted by Crippen LogP contribution is -2.35. The number of hydrogen-bond acceptors (Lipinski definition) is 3. The van der Waals surface area contributed by atoms with E-state index in [1.54, 1.807) is 6.33 Å². The minimum atomic E-state index is -0.359. The molecule has 1 N–H and O–H groups in total. The molecule has 2 aromatic carbocycles. The maximum absolute atomic E-state index is 12.6. The van der Waals surface area contributed by atoms with Crippen molar-refractivity contribution < 1.29 is 9.59 Å². The Morgan fingerprint density at radius 2 is 1.76 bits per heavy atom. The Morgan fingerprint density at radius 1 is 1.03 bits per heavy atom. The van der Waals surface area contributed by atoms with E-state index < -0.39 is 0 Å². The molecule has 0 spiro atoms. The summed E-state index contributed by atoms with van der Waals surface area (Å²) < 4.78 is 1.88. The van der Waals surface area contributed by atoms with Gasteiger partial charge in [0.15, 0.2) is 0 Å². The number of aromatic nitrogens is 2. The standard InChI is InChI=1S/C23H26N4O2/c1-17(27-16-25-20-7-3-4-8-21(20)27)22(28)24-15-18-9-11-19(12-10-18)23(29)26-13-5-2-6-14-26/h3-4,7-12,16-17H,2,5-6,13-15H2,1H3,(H,24,28). The zero-order chi connectivity index (χ0) is 20.2. The normalized spacial score (nSPS) is 15.3. The first-order valence-electron chi connectivity index (χ1n) is 10.2. The summed E-state index contributed by atoms with van der Waals surface area (Å²) >= 11 is 0. The van der Waals surface area contributed by atoms with Crippen LogP contribution in [0.4, 0.5) is 0 Å². The third kappa shape index (κ3) is 4.16. The van der Waals surface area contributed by atoms with E-state index in [2.05, 4.69) is 10.3 Å². The van der Waals surface area contributed by atoms with E-state index in [9.17, 15) is 9.59 Å². The SMILES string of the molecule is CC(C(=O)NCc1ccc(C(=O)N2CCCCC2)cc1)n1cnc2ccccc21. The molecule has 1 fully saturated rings. The highest BCUT2D eigenvalue weighted by atomic mass is 16.2. The molecule has 29 heavy (non-hydrogen) atoms. The van der Waals surface area contributed by atoms with Crippen LogP contribution in [-0.4, -0.2) is 39.4 Å². The van der Waals surface area contributed by atoms with Crippen molar-refractivity contribution in [2.45, 2.75) is 38.8 Å². The third-order valence-electron chi connectivity index (χ3n) is 5.59. The molecule has 1 aliphatic rings. The first kappa shape index (κ1) is 19.2. The highest BCUT2D eigenvalue weighted by Crippen LogP contribution is 2.18. The minimum Gasteiger partial charge on any atom is -0.350 e. The molecular formula is C23H26N4O2. The average molecular weight is 390 g/mol. The number of hydrogen-bond donors (Lipinski definition) is 1. The minimum absolute atomic E-state index is 0.0679. The van der Waals surface area contributed by atoms with Crippen LogP contribution in [0, 0.1) is 0 Å².